The minimum Gasteiger partial charge on any atom is -0.392 e. The number of aromatic nitrogens is 3. The number of rotatable bonds is 5. The maximum Gasteiger partial charge on any atom is 0.253 e. The molecular weight excluding hydrogens is 450 g/mol. The monoisotopic (exact) mass is 483 g/mol. The topological polar surface area (TPSA) is 85.4 Å². The van der Waals surface area contributed by atoms with Crippen molar-refractivity contribution in [3.63, 3.8) is 0 Å². The molecule has 0 radical (unpaired) electrons. The molecule has 0 unspecified atom stereocenters. The number of hydrogen-bond donors (Lipinski definition) is 2. The highest BCUT2D eigenvalue weighted by molar-refractivity contribution is 5.97. The molecule has 4 aromatic rings. The average molecular weight is 484 g/mol. The Morgan fingerprint density at radius 2 is 1.97 bits per heavy atom. The molecule has 5 rings (SSSR count). The van der Waals surface area contributed by atoms with Crippen LogP contribution in [0.15, 0.2) is 42.7 Å². The highest BCUT2D eigenvalue weighted by Crippen LogP contribution is 2.32. The molecule has 0 fully saturated rings. The van der Waals surface area contributed by atoms with Crippen LogP contribution in [0.2, 0.25) is 0 Å². The lowest BCUT2D eigenvalue weighted by atomic mass is 9.92. The second-order valence-electron chi connectivity index (χ2n) is 10.1. The summed E-state index contributed by atoms with van der Waals surface area (Å²) >= 11 is 0. The van der Waals surface area contributed by atoms with Gasteiger partial charge in [-0.2, -0.15) is 0 Å². The number of aliphatic hydroxyl groups excluding tert-OH is 1. The summed E-state index contributed by atoms with van der Waals surface area (Å²) in [4.78, 5) is 29.7. The molecule has 3 heterocycles. The van der Waals surface area contributed by atoms with Crippen LogP contribution in [0.1, 0.15) is 39.5 Å². The van der Waals surface area contributed by atoms with Gasteiger partial charge in [0.1, 0.15) is 5.52 Å². The molecule has 0 bridgehead atoms. The van der Waals surface area contributed by atoms with E-state index in [9.17, 15) is 9.90 Å². The Bertz CT molecular complexity index is 1460. The third kappa shape index (κ3) is 4.52. The predicted molar refractivity (Wildman–Crippen MR) is 143 cm³/mol. The van der Waals surface area contributed by atoms with Gasteiger partial charge < -0.3 is 19.9 Å². The predicted octanol–water partition coefficient (Wildman–Crippen LogP) is 4.35. The number of fused-ring (bicyclic) bond motifs is 2. The first-order valence-corrected chi connectivity index (χ1v) is 12.4. The summed E-state index contributed by atoms with van der Waals surface area (Å²) < 4.78 is 0. The van der Waals surface area contributed by atoms with Crippen molar-refractivity contribution in [1.29, 1.82) is 0 Å². The van der Waals surface area contributed by atoms with Gasteiger partial charge in [0.05, 0.1) is 18.0 Å². The third-order valence-electron chi connectivity index (χ3n) is 7.08. The van der Waals surface area contributed by atoms with Gasteiger partial charge >= 0.3 is 0 Å². The van der Waals surface area contributed by atoms with Gasteiger partial charge in [-0.05, 0) is 80.3 Å². The fourth-order valence-electron chi connectivity index (χ4n) is 5.22. The number of likely N-dealkylation sites (N-methyl/N-ethyl adjacent to an activating group) is 2. The Labute approximate surface area is 211 Å². The molecule has 0 saturated heterocycles. The molecule has 1 amide bonds. The van der Waals surface area contributed by atoms with E-state index in [1.807, 2.05) is 37.5 Å². The molecular formula is C29H33N5O2. The average Bonchev–Trinajstić information content (AvgIpc) is 3.26. The van der Waals surface area contributed by atoms with Crippen LogP contribution >= 0.6 is 0 Å². The van der Waals surface area contributed by atoms with Gasteiger partial charge in [-0.1, -0.05) is 12.1 Å². The lowest BCUT2D eigenvalue weighted by Crippen LogP contribution is -2.33. The van der Waals surface area contributed by atoms with Crippen LogP contribution in [-0.4, -0.2) is 69.1 Å². The minimum atomic E-state index is -0.572. The first-order valence-electron chi connectivity index (χ1n) is 12.4. The Kier molecular flexibility index (Phi) is 6.36. The molecule has 1 aliphatic heterocycles. The van der Waals surface area contributed by atoms with E-state index in [0.717, 1.165) is 58.6 Å². The van der Waals surface area contributed by atoms with Gasteiger partial charge in [0.25, 0.3) is 5.91 Å². The lowest BCUT2D eigenvalue weighted by Gasteiger charge is -2.27. The normalized spacial score (nSPS) is 14.6. The molecule has 0 aliphatic carbocycles. The summed E-state index contributed by atoms with van der Waals surface area (Å²) in [6, 6.07) is 10.3. The van der Waals surface area contributed by atoms with Crippen molar-refractivity contribution >= 4 is 17.1 Å². The van der Waals surface area contributed by atoms with Gasteiger partial charge in [0.15, 0.2) is 5.65 Å². The van der Waals surface area contributed by atoms with Crippen molar-refractivity contribution in [2.24, 2.45) is 0 Å². The van der Waals surface area contributed by atoms with Gasteiger partial charge in [-0.25, -0.2) is 9.97 Å². The highest BCUT2D eigenvalue weighted by atomic mass is 16.3. The molecule has 7 heteroatoms. The summed E-state index contributed by atoms with van der Waals surface area (Å²) in [5.41, 5.74) is 11.0. The van der Waals surface area contributed by atoms with Crippen LogP contribution in [0.4, 0.5) is 0 Å². The summed E-state index contributed by atoms with van der Waals surface area (Å²) in [6.45, 7) is 8.13. The number of aliphatic hydroxyl groups is 1. The van der Waals surface area contributed by atoms with Gasteiger partial charge in [0, 0.05) is 49.6 Å². The van der Waals surface area contributed by atoms with Crippen LogP contribution in [0.5, 0.6) is 0 Å². The Morgan fingerprint density at radius 1 is 1.19 bits per heavy atom. The molecule has 36 heavy (non-hydrogen) atoms. The first kappa shape index (κ1) is 24.2. The Balaban J connectivity index is 1.51. The number of hydrogen-bond acceptors (Lipinski definition) is 5. The van der Waals surface area contributed by atoms with E-state index >= 15 is 0 Å². The van der Waals surface area contributed by atoms with Crippen molar-refractivity contribution in [3.8, 4) is 22.4 Å². The van der Waals surface area contributed by atoms with Crippen LogP contribution in [0.25, 0.3) is 33.5 Å². The number of H-pyrrole nitrogens is 1. The minimum absolute atomic E-state index is 0.102. The number of amides is 1. The highest BCUT2D eigenvalue weighted by Gasteiger charge is 2.19. The number of nitrogens with zero attached hydrogens (tertiary/aromatic N) is 4. The number of aryl methyl sites for hydroxylation is 2. The van der Waals surface area contributed by atoms with E-state index in [-0.39, 0.29) is 5.91 Å². The van der Waals surface area contributed by atoms with Gasteiger partial charge in [-0.15, -0.1) is 0 Å². The summed E-state index contributed by atoms with van der Waals surface area (Å²) in [5, 5.41) is 9.64. The molecule has 1 aliphatic rings. The Hall–Kier alpha value is -3.55. The zero-order chi connectivity index (χ0) is 25.6. The van der Waals surface area contributed by atoms with E-state index in [0.29, 0.717) is 12.1 Å². The second-order valence-corrected chi connectivity index (χ2v) is 10.1. The van der Waals surface area contributed by atoms with Crippen LogP contribution in [0.3, 0.4) is 0 Å². The number of carbonyl (C=O) groups is 1. The van der Waals surface area contributed by atoms with Crippen molar-refractivity contribution in [2.75, 3.05) is 27.2 Å². The van der Waals surface area contributed by atoms with E-state index in [1.54, 1.807) is 18.9 Å². The second kappa shape index (κ2) is 9.48. The molecule has 186 valence electrons. The molecule has 2 aromatic carbocycles. The van der Waals surface area contributed by atoms with E-state index < -0.39 is 6.10 Å². The zero-order valence-corrected chi connectivity index (χ0v) is 21.6. The molecule has 2 N–H and O–H groups in total. The van der Waals surface area contributed by atoms with Crippen LogP contribution < -0.4 is 0 Å². The lowest BCUT2D eigenvalue weighted by molar-refractivity contribution is 0.0703. The van der Waals surface area contributed by atoms with Gasteiger partial charge in [0.2, 0.25) is 0 Å². The Morgan fingerprint density at radius 3 is 2.72 bits per heavy atom. The van der Waals surface area contributed by atoms with E-state index in [4.69, 9.17) is 4.98 Å². The maximum absolute atomic E-state index is 12.8. The van der Waals surface area contributed by atoms with Crippen molar-refractivity contribution in [2.45, 2.75) is 39.8 Å². The summed E-state index contributed by atoms with van der Waals surface area (Å²) in [5.74, 6) is -0.102. The number of carbonyl (C=O) groups excluding carboxylic acids is 1. The SMILES string of the molecule is Cc1cc(-c2c[nH]c3ncc(-c4cc(C)c5c(c4)CN(C)CC5)nc23)ccc1C(=O)N(C)C[C@@H](C)O. The van der Waals surface area contributed by atoms with E-state index in [1.165, 1.54) is 16.7 Å². The number of benzene rings is 2. The number of aromatic amines is 1. The van der Waals surface area contributed by atoms with Crippen LogP contribution in [-0.2, 0) is 13.0 Å². The van der Waals surface area contributed by atoms with Gasteiger partial charge in [-0.3, -0.25) is 4.79 Å². The molecule has 2 aromatic heterocycles. The summed E-state index contributed by atoms with van der Waals surface area (Å²) in [7, 11) is 3.87. The molecule has 0 spiro atoms. The fourth-order valence-corrected chi connectivity index (χ4v) is 5.22. The zero-order valence-electron chi connectivity index (χ0n) is 21.6. The summed E-state index contributed by atoms with van der Waals surface area (Å²) in [6.07, 6.45) is 4.27. The van der Waals surface area contributed by atoms with E-state index in [2.05, 4.69) is 41.0 Å². The number of nitrogens with one attached hydrogen (secondary N) is 1. The quantitative estimate of drug-likeness (QED) is 0.441. The van der Waals surface area contributed by atoms with Crippen molar-refractivity contribution in [1.82, 2.24) is 24.8 Å². The smallest absolute Gasteiger partial charge is 0.253 e. The third-order valence-corrected chi connectivity index (χ3v) is 7.08. The van der Waals surface area contributed by atoms with Crippen molar-refractivity contribution < 1.29 is 9.90 Å². The fraction of sp³-hybridized carbons (Fsp3) is 0.345. The molecule has 0 saturated carbocycles. The first-order chi connectivity index (χ1) is 17.2. The van der Waals surface area contributed by atoms with Crippen molar-refractivity contribution in [3.05, 3.63) is 70.5 Å². The largest absolute Gasteiger partial charge is 0.392 e. The standard InChI is InChI=1S/C29H33N5O2/c1-17-11-21(12-22-16-33(4)9-8-23(17)22)26-14-31-28-27(32-26)25(13-30-28)20-6-7-24(18(2)10-20)29(36)34(5)15-19(3)35/h6-7,10-14,19,35H,8-9,15-16H2,1-5H3,(H,30,31)/t19-/m1/s1. The van der Waals surface area contributed by atoms with Crippen LogP contribution in [0, 0.1) is 13.8 Å². The molecule has 7 nitrogen and oxygen atoms in total. The maximum atomic E-state index is 12.8. The molecule has 1 atom stereocenters.